The van der Waals surface area contributed by atoms with Gasteiger partial charge < -0.3 is 4.90 Å². The third kappa shape index (κ3) is 3.27. The lowest BCUT2D eigenvalue weighted by molar-refractivity contribution is 0.146. The first kappa shape index (κ1) is 13.4. The van der Waals surface area contributed by atoms with Crippen LogP contribution in [0.4, 0.5) is 4.39 Å². The summed E-state index contributed by atoms with van der Waals surface area (Å²) in [5.74, 6) is -0.0513. The highest BCUT2D eigenvalue weighted by molar-refractivity contribution is 5.16. The van der Waals surface area contributed by atoms with E-state index in [0.717, 1.165) is 38.4 Å². The molecule has 2 heterocycles. The van der Waals surface area contributed by atoms with Crippen LogP contribution in [-0.2, 0) is 6.54 Å². The smallest absolute Gasteiger partial charge is 0.144 e. The first-order valence-corrected chi connectivity index (χ1v) is 6.62. The third-order valence-corrected chi connectivity index (χ3v) is 3.46. The van der Waals surface area contributed by atoms with Gasteiger partial charge in [0.1, 0.15) is 5.82 Å². The largest absolute Gasteiger partial charge is 0.304 e. The monoisotopic (exact) mass is 251 g/mol. The highest BCUT2D eigenvalue weighted by Gasteiger charge is 2.16. The number of hydrogen-bond acceptors (Lipinski definition) is 3. The molecule has 100 valence electrons. The van der Waals surface area contributed by atoms with Gasteiger partial charge in [0, 0.05) is 32.7 Å². The van der Waals surface area contributed by atoms with E-state index >= 15 is 0 Å². The highest BCUT2D eigenvalue weighted by Crippen LogP contribution is 2.17. The molecule has 0 atom stereocenters. The summed E-state index contributed by atoms with van der Waals surface area (Å²) >= 11 is 0. The lowest BCUT2D eigenvalue weighted by Crippen LogP contribution is -2.44. The van der Waals surface area contributed by atoms with Crippen LogP contribution in [0.3, 0.4) is 0 Å². The maximum atomic E-state index is 13.6. The zero-order valence-corrected chi connectivity index (χ0v) is 11.5. The minimum Gasteiger partial charge on any atom is -0.304 e. The average molecular weight is 251 g/mol. The minimum atomic E-state index is -0.188. The predicted octanol–water partition coefficient (Wildman–Crippen LogP) is 2.09. The van der Waals surface area contributed by atoms with Gasteiger partial charge in [0.05, 0.1) is 11.4 Å². The number of halogens is 1. The van der Waals surface area contributed by atoms with Gasteiger partial charge in [0.15, 0.2) is 0 Å². The van der Waals surface area contributed by atoms with E-state index in [1.807, 2.05) is 13.8 Å². The molecule has 0 bridgehead atoms. The van der Waals surface area contributed by atoms with Crippen LogP contribution in [-0.4, -0.2) is 48.0 Å². The van der Waals surface area contributed by atoms with Gasteiger partial charge in [0.2, 0.25) is 0 Å². The summed E-state index contributed by atoms with van der Waals surface area (Å²) in [6.45, 7) is 9.10. The zero-order chi connectivity index (χ0) is 13.1. The minimum absolute atomic E-state index is 0.137. The van der Waals surface area contributed by atoms with Gasteiger partial charge in [-0.15, -0.1) is 0 Å². The van der Waals surface area contributed by atoms with Gasteiger partial charge in [-0.05, 0) is 25.1 Å². The first-order chi connectivity index (χ1) is 8.56. The van der Waals surface area contributed by atoms with E-state index in [9.17, 15) is 4.39 Å². The second-order valence-corrected chi connectivity index (χ2v) is 5.40. The van der Waals surface area contributed by atoms with Gasteiger partial charge >= 0.3 is 0 Å². The van der Waals surface area contributed by atoms with E-state index in [0.29, 0.717) is 5.69 Å². The summed E-state index contributed by atoms with van der Waals surface area (Å²) in [7, 11) is 2.14. The molecule has 0 aromatic carbocycles. The molecule has 0 radical (unpaired) electrons. The Bertz CT molecular complexity index is 398. The third-order valence-electron chi connectivity index (χ3n) is 3.46. The van der Waals surface area contributed by atoms with Crippen molar-refractivity contribution in [2.24, 2.45) is 0 Å². The molecule has 4 heteroatoms. The van der Waals surface area contributed by atoms with E-state index in [1.54, 1.807) is 12.1 Å². The van der Waals surface area contributed by atoms with Gasteiger partial charge in [-0.25, -0.2) is 4.39 Å². The van der Waals surface area contributed by atoms with Crippen molar-refractivity contribution in [3.63, 3.8) is 0 Å². The van der Waals surface area contributed by atoms with E-state index < -0.39 is 0 Å². The van der Waals surface area contributed by atoms with Crippen LogP contribution in [0.25, 0.3) is 0 Å². The van der Waals surface area contributed by atoms with Crippen molar-refractivity contribution in [1.82, 2.24) is 14.8 Å². The van der Waals surface area contributed by atoms with Crippen molar-refractivity contribution >= 4 is 0 Å². The lowest BCUT2D eigenvalue weighted by Gasteiger charge is -2.32. The summed E-state index contributed by atoms with van der Waals surface area (Å²) < 4.78 is 13.6. The topological polar surface area (TPSA) is 19.4 Å². The second kappa shape index (κ2) is 5.76. The number of pyridine rings is 1. The summed E-state index contributed by atoms with van der Waals surface area (Å²) in [4.78, 5) is 9.16. The van der Waals surface area contributed by atoms with E-state index in [2.05, 4.69) is 21.8 Å². The Balaban J connectivity index is 2.03. The quantitative estimate of drug-likeness (QED) is 0.820. The van der Waals surface area contributed by atoms with Crippen molar-refractivity contribution in [2.45, 2.75) is 26.3 Å². The van der Waals surface area contributed by atoms with Gasteiger partial charge in [-0.1, -0.05) is 13.8 Å². The number of likely N-dealkylation sites (N-methyl/N-ethyl adjacent to an activating group) is 1. The molecule has 2 rings (SSSR count). The Morgan fingerprint density at radius 1 is 1.22 bits per heavy atom. The Labute approximate surface area is 109 Å². The Kier molecular flexibility index (Phi) is 4.30. The second-order valence-electron chi connectivity index (χ2n) is 5.40. The molecule has 18 heavy (non-hydrogen) atoms. The Morgan fingerprint density at radius 3 is 2.50 bits per heavy atom. The zero-order valence-electron chi connectivity index (χ0n) is 11.5. The fourth-order valence-electron chi connectivity index (χ4n) is 2.23. The predicted molar refractivity (Wildman–Crippen MR) is 71.1 cm³/mol. The van der Waals surface area contributed by atoms with Crippen LogP contribution >= 0.6 is 0 Å². The fourth-order valence-corrected chi connectivity index (χ4v) is 2.23. The standard InChI is InChI=1S/C14H22FN3/c1-11(2)14-13(15)5-4-12(16-14)10-18-8-6-17(3)7-9-18/h4-5,11H,6-10H2,1-3H3. The van der Waals surface area contributed by atoms with Crippen molar-refractivity contribution < 1.29 is 4.39 Å². The van der Waals surface area contributed by atoms with Crippen molar-refractivity contribution in [3.8, 4) is 0 Å². The number of aromatic nitrogens is 1. The molecule has 0 aliphatic carbocycles. The van der Waals surface area contributed by atoms with Crippen molar-refractivity contribution in [2.75, 3.05) is 33.2 Å². The molecule has 1 aliphatic heterocycles. The summed E-state index contributed by atoms with van der Waals surface area (Å²) in [6, 6.07) is 3.35. The molecule has 0 spiro atoms. The first-order valence-electron chi connectivity index (χ1n) is 6.62. The maximum absolute atomic E-state index is 13.6. The number of piperazine rings is 1. The molecule has 0 saturated carbocycles. The molecule has 1 aliphatic rings. The van der Waals surface area contributed by atoms with Crippen LogP contribution < -0.4 is 0 Å². The molecular weight excluding hydrogens is 229 g/mol. The van der Waals surface area contributed by atoms with E-state index in [1.165, 1.54) is 0 Å². The number of nitrogens with zero attached hydrogens (tertiary/aromatic N) is 3. The van der Waals surface area contributed by atoms with E-state index in [4.69, 9.17) is 0 Å². The summed E-state index contributed by atoms with van der Waals surface area (Å²) in [5.41, 5.74) is 1.56. The van der Waals surface area contributed by atoms with Gasteiger partial charge in [-0.3, -0.25) is 9.88 Å². The van der Waals surface area contributed by atoms with E-state index in [-0.39, 0.29) is 11.7 Å². The van der Waals surface area contributed by atoms with Crippen LogP contribution in [0.5, 0.6) is 0 Å². The maximum Gasteiger partial charge on any atom is 0.144 e. The molecule has 1 fully saturated rings. The SMILES string of the molecule is CC(C)c1nc(CN2CCN(C)CC2)ccc1F. The molecule has 0 N–H and O–H groups in total. The normalized spacial score (nSPS) is 18.5. The molecule has 1 aromatic heterocycles. The number of hydrogen-bond donors (Lipinski definition) is 0. The van der Waals surface area contributed by atoms with Crippen LogP contribution in [0.2, 0.25) is 0 Å². The van der Waals surface area contributed by atoms with Crippen molar-refractivity contribution in [3.05, 3.63) is 29.3 Å². The molecule has 1 saturated heterocycles. The van der Waals surface area contributed by atoms with Crippen molar-refractivity contribution in [1.29, 1.82) is 0 Å². The van der Waals surface area contributed by atoms with Gasteiger partial charge in [-0.2, -0.15) is 0 Å². The van der Waals surface area contributed by atoms with Gasteiger partial charge in [0.25, 0.3) is 0 Å². The highest BCUT2D eigenvalue weighted by atomic mass is 19.1. The molecule has 0 amide bonds. The Morgan fingerprint density at radius 2 is 1.89 bits per heavy atom. The molecule has 0 unspecified atom stereocenters. The summed E-state index contributed by atoms with van der Waals surface area (Å²) in [5, 5.41) is 0. The molecular formula is C14H22FN3. The summed E-state index contributed by atoms with van der Waals surface area (Å²) in [6.07, 6.45) is 0. The average Bonchev–Trinajstić information content (AvgIpc) is 2.34. The van der Waals surface area contributed by atoms with Crippen LogP contribution in [0.15, 0.2) is 12.1 Å². The lowest BCUT2D eigenvalue weighted by atomic mass is 10.1. The molecule has 3 nitrogen and oxygen atoms in total. The number of rotatable bonds is 3. The fraction of sp³-hybridized carbons (Fsp3) is 0.643. The van der Waals surface area contributed by atoms with Crippen LogP contribution in [0.1, 0.15) is 31.2 Å². The van der Waals surface area contributed by atoms with Crippen LogP contribution in [0, 0.1) is 5.82 Å². The molecule has 1 aromatic rings. The Hall–Kier alpha value is -1.00.